The molecular formula is C22H28O4. The van der Waals surface area contributed by atoms with Crippen LogP contribution in [0.4, 0.5) is 0 Å². The van der Waals surface area contributed by atoms with Crippen LogP contribution in [0.3, 0.4) is 0 Å². The maximum absolute atomic E-state index is 12.0. The summed E-state index contributed by atoms with van der Waals surface area (Å²) in [6, 6.07) is 0. The summed E-state index contributed by atoms with van der Waals surface area (Å²) in [7, 11) is 0. The lowest BCUT2D eigenvalue weighted by molar-refractivity contribution is -0.163. The first-order valence-corrected chi connectivity index (χ1v) is 10.5. The average Bonchev–Trinajstić information content (AvgIpc) is 3.08. The van der Waals surface area contributed by atoms with E-state index in [1.807, 2.05) is 0 Å². The second-order valence-electron chi connectivity index (χ2n) is 10.3. The van der Waals surface area contributed by atoms with Crippen molar-refractivity contribution >= 4 is 11.8 Å². The van der Waals surface area contributed by atoms with Gasteiger partial charge in [-0.05, 0) is 50.4 Å². The monoisotopic (exact) mass is 356 g/mol. The van der Waals surface area contributed by atoms with Gasteiger partial charge in [0.25, 0.3) is 0 Å². The Bertz CT molecular complexity index is 770. The normalized spacial score (nSPS) is 57.0. The number of allylic oxidation sites excluding steroid dienone is 1. The standard InChI is InChI=1S/C22H28O4/c1-19-8-5-14(23)11-13(19)3-4-16-15-6-9-21(10-7-18(24)26-21)20(15,2)12-17-22(16,19)25-17/h3,15-17H,4-12H2,1-2H3/t15?,16?,17-,19?,20?,21-,22+/m1/s1. The molecule has 140 valence electrons. The van der Waals surface area contributed by atoms with Crippen LogP contribution in [0, 0.1) is 22.7 Å². The van der Waals surface area contributed by atoms with Crippen molar-refractivity contribution in [1.29, 1.82) is 0 Å². The van der Waals surface area contributed by atoms with E-state index >= 15 is 0 Å². The highest BCUT2D eigenvalue weighted by molar-refractivity contribution is 5.83. The topological polar surface area (TPSA) is 55.9 Å². The Labute approximate surface area is 154 Å². The average molecular weight is 356 g/mol. The van der Waals surface area contributed by atoms with Gasteiger partial charge in [-0.1, -0.05) is 25.5 Å². The molecule has 4 nitrogen and oxygen atoms in total. The van der Waals surface area contributed by atoms with E-state index in [-0.39, 0.29) is 34.1 Å². The second kappa shape index (κ2) is 4.45. The van der Waals surface area contributed by atoms with Gasteiger partial charge in [-0.25, -0.2) is 0 Å². The van der Waals surface area contributed by atoms with Crippen molar-refractivity contribution < 1.29 is 19.1 Å². The number of ether oxygens (including phenoxy) is 2. The molecule has 5 fully saturated rings. The molecular weight excluding hydrogens is 328 g/mol. The minimum absolute atomic E-state index is 0.0102. The SMILES string of the molecule is CC12C[C@H]3O[C@@]34C(CC=C3CC(=O)CCC34C)C1CC[C@@]21CCC(=O)O1. The van der Waals surface area contributed by atoms with E-state index in [2.05, 4.69) is 19.9 Å². The Kier molecular flexibility index (Phi) is 2.72. The summed E-state index contributed by atoms with van der Waals surface area (Å²) < 4.78 is 12.6. The molecule has 2 heterocycles. The Balaban J connectivity index is 1.43. The van der Waals surface area contributed by atoms with Crippen LogP contribution in [0.25, 0.3) is 0 Å². The molecule has 0 aromatic rings. The zero-order valence-electron chi connectivity index (χ0n) is 15.8. The maximum Gasteiger partial charge on any atom is 0.306 e. The smallest absolute Gasteiger partial charge is 0.306 e. The largest absolute Gasteiger partial charge is 0.458 e. The molecule has 6 aliphatic rings. The molecule has 4 heteroatoms. The number of epoxide rings is 1. The molecule has 0 aromatic heterocycles. The third kappa shape index (κ3) is 1.51. The Hall–Kier alpha value is -1.16. The van der Waals surface area contributed by atoms with Crippen LogP contribution in [-0.4, -0.2) is 29.1 Å². The Morgan fingerprint density at radius 3 is 2.69 bits per heavy atom. The lowest BCUT2D eigenvalue weighted by atomic mass is 9.46. The number of hydrogen-bond donors (Lipinski definition) is 0. The van der Waals surface area contributed by atoms with E-state index in [4.69, 9.17) is 9.47 Å². The fraction of sp³-hybridized carbons (Fsp3) is 0.818. The predicted molar refractivity (Wildman–Crippen MR) is 94.3 cm³/mol. The van der Waals surface area contributed by atoms with Crippen molar-refractivity contribution in [2.24, 2.45) is 22.7 Å². The van der Waals surface area contributed by atoms with E-state index < -0.39 is 0 Å². The van der Waals surface area contributed by atoms with E-state index in [1.54, 1.807) is 0 Å². The lowest BCUT2D eigenvalue weighted by Crippen LogP contribution is -2.59. The van der Waals surface area contributed by atoms with Crippen molar-refractivity contribution in [3.05, 3.63) is 11.6 Å². The lowest BCUT2D eigenvalue weighted by Gasteiger charge is -2.56. The maximum atomic E-state index is 12.0. The van der Waals surface area contributed by atoms with Gasteiger partial charge < -0.3 is 9.47 Å². The minimum atomic E-state index is -0.250. The number of ketones is 1. The molecule has 3 saturated carbocycles. The van der Waals surface area contributed by atoms with Crippen LogP contribution < -0.4 is 0 Å². The predicted octanol–water partition coefficient (Wildman–Crippen LogP) is 3.73. The molecule has 2 saturated heterocycles. The number of rotatable bonds is 0. The van der Waals surface area contributed by atoms with Gasteiger partial charge in [-0.15, -0.1) is 0 Å². The fourth-order valence-electron chi connectivity index (χ4n) is 8.21. The molecule has 2 spiro atoms. The van der Waals surface area contributed by atoms with Crippen molar-refractivity contribution in [1.82, 2.24) is 0 Å². The quantitative estimate of drug-likeness (QED) is 0.377. The van der Waals surface area contributed by atoms with Gasteiger partial charge in [0, 0.05) is 30.1 Å². The summed E-state index contributed by atoms with van der Waals surface area (Å²) in [5.74, 6) is 1.44. The molecule has 7 atom stereocenters. The zero-order valence-corrected chi connectivity index (χ0v) is 15.8. The number of Topliss-reactive ketones (excluding diaryl/α,β-unsaturated/α-hetero) is 1. The third-order valence-corrected chi connectivity index (χ3v) is 9.65. The molecule has 6 rings (SSSR count). The number of carbonyl (C=O) groups excluding carboxylic acids is 2. The van der Waals surface area contributed by atoms with Crippen molar-refractivity contribution in [2.45, 2.75) is 88.9 Å². The molecule has 0 bridgehead atoms. The molecule has 0 aromatic carbocycles. The fourth-order valence-corrected chi connectivity index (χ4v) is 8.21. The van der Waals surface area contributed by atoms with Crippen molar-refractivity contribution in [2.75, 3.05) is 0 Å². The van der Waals surface area contributed by atoms with Gasteiger partial charge in [0.05, 0.1) is 6.10 Å². The molecule has 4 aliphatic carbocycles. The highest BCUT2D eigenvalue weighted by Crippen LogP contribution is 2.76. The first-order chi connectivity index (χ1) is 12.3. The highest BCUT2D eigenvalue weighted by atomic mass is 16.6. The molecule has 0 radical (unpaired) electrons. The van der Waals surface area contributed by atoms with Crippen LogP contribution in [0.5, 0.6) is 0 Å². The Morgan fingerprint density at radius 2 is 1.92 bits per heavy atom. The van der Waals surface area contributed by atoms with Crippen LogP contribution in [-0.2, 0) is 19.1 Å². The summed E-state index contributed by atoms with van der Waals surface area (Å²) in [4.78, 5) is 24.0. The van der Waals surface area contributed by atoms with E-state index in [1.165, 1.54) is 5.57 Å². The number of hydrogen-bond acceptors (Lipinski definition) is 4. The first-order valence-electron chi connectivity index (χ1n) is 10.5. The zero-order chi connectivity index (χ0) is 17.9. The van der Waals surface area contributed by atoms with Crippen LogP contribution in [0.1, 0.15) is 71.6 Å². The summed E-state index contributed by atoms with van der Waals surface area (Å²) in [5, 5.41) is 0. The number of esters is 1. The van der Waals surface area contributed by atoms with Gasteiger partial charge in [-0.2, -0.15) is 0 Å². The van der Waals surface area contributed by atoms with Gasteiger partial charge >= 0.3 is 5.97 Å². The van der Waals surface area contributed by atoms with E-state index in [9.17, 15) is 9.59 Å². The number of fused-ring (bicyclic) bond motifs is 4. The first kappa shape index (κ1) is 15.9. The van der Waals surface area contributed by atoms with Gasteiger partial charge in [0.1, 0.15) is 17.0 Å². The summed E-state index contributed by atoms with van der Waals surface area (Å²) >= 11 is 0. The summed E-state index contributed by atoms with van der Waals surface area (Å²) in [6.45, 7) is 4.74. The molecule has 0 amide bonds. The molecule has 4 unspecified atom stereocenters. The van der Waals surface area contributed by atoms with Gasteiger partial charge in [-0.3, -0.25) is 9.59 Å². The highest BCUT2D eigenvalue weighted by Gasteiger charge is 2.81. The van der Waals surface area contributed by atoms with E-state index in [0.717, 1.165) is 38.5 Å². The van der Waals surface area contributed by atoms with Crippen LogP contribution in [0.15, 0.2) is 11.6 Å². The molecule has 2 aliphatic heterocycles. The van der Waals surface area contributed by atoms with Gasteiger partial charge in [0.2, 0.25) is 0 Å². The van der Waals surface area contributed by atoms with Crippen LogP contribution >= 0.6 is 0 Å². The van der Waals surface area contributed by atoms with Crippen molar-refractivity contribution in [3.8, 4) is 0 Å². The second-order valence-corrected chi connectivity index (χ2v) is 10.3. The number of carbonyl (C=O) groups is 2. The van der Waals surface area contributed by atoms with Crippen LogP contribution in [0.2, 0.25) is 0 Å². The summed E-state index contributed by atoms with van der Waals surface area (Å²) in [5.41, 5.74) is 1.10. The molecule has 0 N–H and O–H groups in total. The Morgan fingerprint density at radius 1 is 1.08 bits per heavy atom. The molecule has 26 heavy (non-hydrogen) atoms. The van der Waals surface area contributed by atoms with Gasteiger partial charge in [0.15, 0.2) is 0 Å². The van der Waals surface area contributed by atoms with Crippen molar-refractivity contribution in [3.63, 3.8) is 0 Å². The summed E-state index contributed by atoms with van der Waals surface area (Å²) in [6.07, 6.45) is 10.6. The minimum Gasteiger partial charge on any atom is -0.458 e. The van der Waals surface area contributed by atoms with E-state index in [0.29, 0.717) is 36.9 Å². The third-order valence-electron chi connectivity index (χ3n) is 9.65.